The van der Waals surface area contributed by atoms with Crippen molar-refractivity contribution in [3.05, 3.63) is 101 Å². The van der Waals surface area contributed by atoms with Crippen LogP contribution in [0.3, 0.4) is 0 Å². The Morgan fingerprint density at radius 1 is 0.929 bits per heavy atom. The first-order chi connectivity index (χ1) is 13.6. The van der Waals surface area contributed by atoms with Gasteiger partial charge in [0.05, 0.1) is 11.6 Å². The fraction of sp³-hybridized carbons (Fsp3) is 0.0455. The van der Waals surface area contributed by atoms with E-state index in [4.69, 9.17) is 11.6 Å². The van der Waals surface area contributed by atoms with Gasteiger partial charge in [0.25, 0.3) is 5.78 Å². The van der Waals surface area contributed by atoms with Crippen LogP contribution in [-0.4, -0.2) is 21.8 Å². The lowest BCUT2D eigenvalue weighted by Crippen LogP contribution is -2.30. The summed E-state index contributed by atoms with van der Waals surface area (Å²) in [6.45, 7) is 0. The van der Waals surface area contributed by atoms with Crippen molar-refractivity contribution in [1.29, 1.82) is 0 Å². The number of benzene rings is 2. The van der Waals surface area contributed by atoms with E-state index >= 15 is 0 Å². The summed E-state index contributed by atoms with van der Waals surface area (Å²) >= 11 is 6.39. The Bertz CT molecular complexity index is 1080. The highest BCUT2D eigenvalue weighted by Crippen LogP contribution is 2.43. The van der Waals surface area contributed by atoms with Gasteiger partial charge in [-0.1, -0.05) is 66.2 Å². The highest BCUT2D eigenvalue weighted by atomic mass is 35.5. The van der Waals surface area contributed by atoms with E-state index in [0.717, 1.165) is 0 Å². The molecule has 28 heavy (non-hydrogen) atoms. The maximum atomic E-state index is 12.9. The Morgan fingerprint density at radius 2 is 1.61 bits per heavy atom. The number of rotatable bonds is 3. The molecule has 0 radical (unpaired) electrons. The topological polar surface area (TPSA) is 70.5 Å². The zero-order chi connectivity index (χ0) is 19.7. The van der Waals surface area contributed by atoms with Crippen LogP contribution in [0.25, 0.3) is 5.76 Å². The van der Waals surface area contributed by atoms with Crippen molar-refractivity contribution in [3.8, 4) is 0 Å². The Labute approximate surface area is 166 Å². The molecule has 1 saturated heterocycles. The number of hydrogen-bond acceptors (Lipinski definition) is 4. The maximum Gasteiger partial charge on any atom is 0.301 e. The highest BCUT2D eigenvalue weighted by molar-refractivity contribution is 6.51. The molecule has 5 nitrogen and oxygen atoms in total. The van der Waals surface area contributed by atoms with Gasteiger partial charge in [-0.05, 0) is 23.8 Å². The lowest BCUT2D eigenvalue weighted by Gasteiger charge is -2.25. The van der Waals surface area contributed by atoms with Crippen molar-refractivity contribution in [2.75, 3.05) is 4.90 Å². The Hall–Kier alpha value is -3.44. The molecule has 0 saturated carbocycles. The van der Waals surface area contributed by atoms with Crippen LogP contribution >= 0.6 is 11.6 Å². The predicted molar refractivity (Wildman–Crippen MR) is 107 cm³/mol. The van der Waals surface area contributed by atoms with Gasteiger partial charge in [-0.2, -0.15) is 0 Å². The Morgan fingerprint density at radius 3 is 2.29 bits per heavy atom. The fourth-order valence-electron chi connectivity index (χ4n) is 3.31. The van der Waals surface area contributed by atoms with Gasteiger partial charge in [-0.25, -0.2) is 4.98 Å². The summed E-state index contributed by atoms with van der Waals surface area (Å²) in [5.41, 5.74) is 0.958. The molecular formula is C22H15ClN2O3. The molecule has 0 spiro atoms. The monoisotopic (exact) mass is 390 g/mol. The smallest absolute Gasteiger partial charge is 0.301 e. The number of anilines is 1. The van der Waals surface area contributed by atoms with Crippen molar-refractivity contribution in [2.24, 2.45) is 0 Å². The number of aliphatic hydroxyl groups excluding tert-OH is 1. The molecule has 6 heteroatoms. The lowest BCUT2D eigenvalue weighted by molar-refractivity contribution is -0.132. The molecule has 0 aliphatic carbocycles. The Balaban J connectivity index is 1.98. The molecule has 2 heterocycles. The summed E-state index contributed by atoms with van der Waals surface area (Å²) < 4.78 is 0. The molecule has 1 aliphatic heterocycles. The SMILES string of the molecule is O=C1C(=O)N(c2ccccn2)C(c2ccccc2Cl)/C1=C(\O)c1ccccc1. The van der Waals surface area contributed by atoms with E-state index < -0.39 is 17.7 Å². The standard InChI is InChI=1S/C22H15ClN2O3/c23-16-11-5-4-10-15(16)19-18(20(26)14-8-2-1-3-9-14)21(27)22(28)25(19)17-12-6-7-13-24-17/h1-13,19,26H/b20-18+. The summed E-state index contributed by atoms with van der Waals surface area (Å²) in [7, 11) is 0. The fourth-order valence-corrected chi connectivity index (χ4v) is 3.55. The number of aliphatic hydroxyl groups is 1. The number of nitrogens with zero attached hydrogens (tertiary/aromatic N) is 2. The van der Waals surface area contributed by atoms with Gasteiger partial charge in [0.15, 0.2) is 0 Å². The summed E-state index contributed by atoms with van der Waals surface area (Å²) in [6, 6.07) is 19.8. The first kappa shape index (κ1) is 17.9. The van der Waals surface area contributed by atoms with Gasteiger partial charge >= 0.3 is 5.91 Å². The summed E-state index contributed by atoms with van der Waals surface area (Å²) in [5, 5.41) is 11.3. The molecule has 1 aliphatic rings. The molecule has 1 atom stereocenters. The second kappa shape index (κ2) is 7.29. The van der Waals surface area contributed by atoms with Crippen molar-refractivity contribution < 1.29 is 14.7 Å². The van der Waals surface area contributed by atoms with Crippen LogP contribution < -0.4 is 4.90 Å². The summed E-state index contributed by atoms with van der Waals surface area (Å²) in [6.07, 6.45) is 1.54. The minimum Gasteiger partial charge on any atom is -0.507 e. The number of aromatic nitrogens is 1. The first-order valence-corrected chi connectivity index (χ1v) is 8.99. The van der Waals surface area contributed by atoms with E-state index in [1.807, 2.05) is 0 Å². The highest BCUT2D eigenvalue weighted by Gasteiger charge is 2.48. The van der Waals surface area contributed by atoms with Gasteiger partial charge in [0.2, 0.25) is 0 Å². The van der Waals surface area contributed by atoms with Gasteiger partial charge in [0, 0.05) is 16.8 Å². The molecule has 1 fully saturated rings. The maximum absolute atomic E-state index is 12.9. The number of carbonyl (C=O) groups is 2. The van der Waals surface area contributed by atoms with E-state index in [1.54, 1.807) is 72.8 Å². The largest absolute Gasteiger partial charge is 0.507 e. The zero-order valence-corrected chi connectivity index (χ0v) is 15.4. The van der Waals surface area contributed by atoms with Crippen LogP contribution in [0, 0.1) is 0 Å². The van der Waals surface area contributed by atoms with Gasteiger partial charge in [-0.15, -0.1) is 0 Å². The van der Waals surface area contributed by atoms with Crippen LogP contribution in [0.2, 0.25) is 5.02 Å². The van der Waals surface area contributed by atoms with Crippen LogP contribution in [0.15, 0.2) is 84.6 Å². The molecule has 1 N–H and O–H groups in total. The number of carbonyl (C=O) groups excluding carboxylic acids is 2. The molecular weight excluding hydrogens is 376 g/mol. The van der Waals surface area contributed by atoms with Crippen LogP contribution in [0.5, 0.6) is 0 Å². The van der Waals surface area contributed by atoms with Crippen molar-refractivity contribution in [2.45, 2.75) is 6.04 Å². The third-order valence-corrected chi connectivity index (χ3v) is 4.93. The van der Waals surface area contributed by atoms with Crippen molar-refractivity contribution in [3.63, 3.8) is 0 Å². The van der Waals surface area contributed by atoms with E-state index in [-0.39, 0.29) is 11.3 Å². The second-order valence-corrected chi connectivity index (χ2v) is 6.65. The molecule has 1 unspecified atom stereocenters. The molecule has 2 aromatic carbocycles. The van der Waals surface area contributed by atoms with Crippen LogP contribution in [0.4, 0.5) is 5.82 Å². The lowest BCUT2D eigenvalue weighted by atomic mass is 9.95. The molecule has 3 aromatic rings. The predicted octanol–water partition coefficient (Wildman–Crippen LogP) is 4.36. The number of pyridine rings is 1. The average molecular weight is 391 g/mol. The van der Waals surface area contributed by atoms with Gasteiger partial charge < -0.3 is 5.11 Å². The summed E-state index contributed by atoms with van der Waals surface area (Å²) in [4.78, 5) is 31.3. The van der Waals surface area contributed by atoms with Gasteiger partial charge in [0.1, 0.15) is 11.6 Å². The minimum absolute atomic E-state index is 0.0186. The normalized spacial score (nSPS) is 18.5. The molecule has 1 amide bonds. The third-order valence-electron chi connectivity index (χ3n) is 4.59. The second-order valence-electron chi connectivity index (χ2n) is 6.24. The van der Waals surface area contributed by atoms with E-state index in [9.17, 15) is 14.7 Å². The van der Waals surface area contributed by atoms with E-state index in [2.05, 4.69) is 4.98 Å². The minimum atomic E-state index is -0.885. The van der Waals surface area contributed by atoms with Crippen molar-refractivity contribution in [1.82, 2.24) is 4.98 Å². The molecule has 1 aromatic heterocycles. The van der Waals surface area contributed by atoms with E-state index in [0.29, 0.717) is 22.0 Å². The average Bonchev–Trinajstić information content (AvgIpc) is 3.00. The third kappa shape index (κ3) is 2.96. The quantitative estimate of drug-likeness (QED) is 0.410. The number of amides is 1. The number of halogens is 1. The van der Waals surface area contributed by atoms with Crippen LogP contribution in [0.1, 0.15) is 17.2 Å². The first-order valence-electron chi connectivity index (χ1n) is 8.61. The van der Waals surface area contributed by atoms with E-state index in [1.165, 1.54) is 11.1 Å². The summed E-state index contributed by atoms with van der Waals surface area (Å²) in [5.74, 6) is -1.48. The molecule has 0 bridgehead atoms. The van der Waals surface area contributed by atoms with Crippen LogP contribution in [-0.2, 0) is 9.59 Å². The number of Topliss-reactive ketones (excluding diaryl/α,β-unsaturated/α-hetero) is 1. The van der Waals surface area contributed by atoms with Crippen molar-refractivity contribution >= 4 is 34.9 Å². The Kier molecular flexibility index (Phi) is 4.67. The van der Waals surface area contributed by atoms with Gasteiger partial charge in [-0.3, -0.25) is 14.5 Å². The zero-order valence-electron chi connectivity index (χ0n) is 14.6. The molecule has 4 rings (SSSR count). The number of ketones is 1. The number of hydrogen-bond donors (Lipinski definition) is 1. The molecule has 138 valence electrons.